The SMILES string of the molecule is CCOC(=O)c1ccc(CC(=O)NC[C@H]2CN(Cc3ccc(F)c(F)c3)CCO2)o1. The molecule has 3 rings (SSSR count). The van der Waals surface area contributed by atoms with Crippen LogP contribution < -0.4 is 5.32 Å². The van der Waals surface area contributed by atoms with Crippen molar-refractivity contribution in [1.82, 2.24) is 10.2 Å². The van der Waals surface area contributed by atoms with E-state index in [4.69, 9.17) is 13.9 Å². The minimum Gasteiger partial charge on any atom is -0.460 e. The fourth-order valence-corrected chi connectivity index (χ4v) is 3.18. The third kappa shape index (κ3) is 6.11. The number of furan rings is 1. The summed E-state index contributed by atoms with van der Waals surface area (Å²) in [5.41, 5.74) is 0.675. The van der Waals surface area contributed by atoms with E-state index in [1.807, 2.05) is 0 Å². The molecule has 0 radical (unpaired) electrons. The van der Waals surface area contributed by atoms with E-state index in [0.29, 0.717) is 44.1 Å². The number of carbonyl (C=O) groups is 2. The number of carbonyl (C=O) groups excluding carboxylic acids is 2. The zero-order chi connectivity index (χ0) is 21.5. The Morgan fingerprint density at radius 1 is 1.23 bits per heavy atom. The molecule has 9 heteroatoms. The molecule has 1 fully saturated rings. The number of ether oxygens (including phenoxy) is 2. The fraction of sp³-hybridized carbons (Fsp3) is 0.429. The van der Waals surface area contributed by atoms with E-state index in [1.54, 1.807) is 19.1 Å². The van der Waals surface area contributed by atoms with Gasteiger partial charge < -0.3 is 19.2 Å². The summed E-state index contributed by atoms with van der Waals surface area (Å²) >= 11 is 0. The quantitative estimate of drug-likeness (QED) is 0.658. The summed E-state index contributed by atoms with van der Waals surface area (Å²) in [4.78, 5) is 25.8. The van der Waals surface area contributed by atoms with Crippen LogP contribution in [0.15, 0.2) is 34.7 Å². The molecule has 1 atom stereocenters. The summed E-state index contributed by atoms with van der Waals surface area (Å²) < 4.78 is 42.3. The average molecular weight is 422 g/mol. The second kappa shape index (κ2) is 10.3. The van der Waals surface area contributed by atoms with Crippen LogP contribution in [0, 0.1) is 11.6 Å². The topological polar surface area (TPSA) is 81.0 Å². The Kier molecular flexibility index (Phi) is 7.53. The molecule has 7 nitrogen and oxygen atoms in total. The number of nitrogens with one attached hydrogen (secondary N) is 1. The van der Waals surface area contributed by atoms with E-state index in [1.165, 1.54) is 12.1 Å². The molecule has 0 aliphatic carbocycles. The maximum absolute atomic E-state index is 13.4. The average Bonchev–Trinajstić information content (AvgIpc) is 3.18. The van der Waals surface area contributed by atoms with Crippen LogP contribution >= 0.6 is 0 Å². The van der Waals surface area contributed by atoms with Gasteiger partial charge >= 0.3 is 5.97 Å². The third-order valence-electron chi connectivity index (χ3n) is 4.61. The largest absolute Gasteiger partial charge is 0.460 e. The lowest BCUT2D eigenvalue weighted by molar-refractivity contribution is -0.122. The van der Waals surface area contributed by atoms with E-state index >= 15 is 0 Å². The number of rotatable bonds is 8. The molecule has 30 heavy (non-hydrogen) atoms. The summed E-state index contributed by atoms with van der Waals surface area (Å²) in [5.74, 6) is -2.15. The molecule has 0 bridgehead atoms. The van der Waals surface area contributed by atoms with Gasteiger partial charge in [0.05, 0.1) is 25.7 Å². The van der Waals surface area contributed by atoms with Crippen molar-refractivity contribution in [3.63, 3.8) is 0 Å². The number of halogens is 2. The number of morpholine rings is 1. The summed E-state index contributed by atoms with van der Waals surface area (Å²) in [7, 11) is 0. The van der Waals surface area contributed by atoms with Gasteiger partial charge in [0.25, 0.3) is 0 Å². The van der Waals surface area contributed by atoms with Crippen LogP contribution in [-0.2, 0) is 27.2 Å². The molecule has 0 spiro atoms. The zero-order valence-electron chi connectivity index (χ0n) is 16.7. The lowest BCUT2D eigenvalue weighted by Gasteiger charge is -2.33. The highest BCUT2D eigenvalue weighted by Crippen LogP contribution is 2.14. The van der Waals surface area contributed by atoms with Crippen molar-refractivity contribution in [2.24, 2.45) is 0 Å². The van der Waals surface area contributed by atoms with Crippen LogP contribution in [0.2, 0.25) is 0 Å². The van der Waals surface area contributed by atoms with Crippen LogP contribution in [0.5, 0.6) is 0 Å². The number of hydrogen-bond donors (Lipinski definition) is 1. The van der Waals surface area contributed by atoms with Crippen LogP contribution in [0.3, 0.4) is 0 Å². The number of amides is 1. The first-order valence-corrected chi connectivity index (χ1v) is 9.75. The van der Waals surface area contributed by atoms with E-state index in [9.17, 15) is 18.4 Å². The lowest BCUT2D eigenvalue weighted by atomic mass is 10.1. The maximum Gasteiger partial charge on any atom is 0.374 e. The molecule has 1 aliphatic rings. The molecule has 0 saturated carbocycles. The standard InChI is InChI=1S/C21H24F2N2O5/c1-2-28-21(27)19-6-4-15(30-19)10-20(26)24-11-16-13-25(7-8-29-16)12-14-3-5-17(22)18(23)9-14/h3-6,9,16H,2,7-8,10-13H2,1H3,(H,24,26)/t16-/m0/s1. The monoisotopic (exact) mass is 422 g/mol. The van der Waals surface area contributed by atoms with Crippen molar-refractivity contribution >= 4 is 11.9 Å². The molecule has 162 valence electrons. The lowest BCUT2D eigenvalue weighted by Crippen LogP contribution is -2.47. The normalized spacial score (nSPS) is 17.0. The van der Waals surface area contributed by atoms with Gasteiger partial charge in [-0.3, -0.25) is 9.69 Å². The predicted molar refractivity (Wildman–Crippen MR) is 103 cm³/mol. The number of hydrogen-bond acceptors (Lipinski definition) is 6. The minimum absolute atomic E-state index is 0.00923. The van der Waals surface area contributed by atoms with Gasteiger partial charge in [-0.15, -0.1) is 0 Å². The van der Waals surface area contributed by atoms with Gasteiger partial charge in [0.2, 0.25) is 11.7 Å². The van der Waals surface area contributed by atoms with Crippen molar-refractivity contribution in [2.45, 2.75) is 26.0 Å². The first kappa shape index (κ1) is 21.9. The molecule has 1 amide bonds. The van der Waals surface area contributed by atoms with Crippen molar-refractivity contribution in [1.29, 1.82) is 0 Å². The molecule has 1 N–H and O–H groups in total. The first-order valence-electron chi connectivity index (χ1n) is 9.75. The summed E-state index contributed by atoms with van der Waals surface area (Å²) in [6.45, 7) is 4.39. The Balaban J connectivity index is 1.44. The highest BCUT2D eigenvalue weighted by Gasteiger charge is 2.22. The zero-order valence-corrected chi connectivity index (χ0v) is 16.7. The van der Waals surface area contributed by atoms with E-state index in [2.05, 4.69) is 10.2 Å². The highest BCUT2D eigenvalue weighted by molar-refractivity contribution is 5.86. The van der Waals surface area contributed by atoms with Gasteiger partial charge in [-0.1, -0.05) is 6.07 Å². The van der Waals surface area contributed by atoms with Crippen molar-refractivity contribution in [2.75, 3.05) is 32.8 Å². The van der Waals surface area contributed by atoms with Gasteiger partial charge in [0.15, 0.2) is 11.6 Å². The van der Waals surface area contributed by atoms with E-state index in [0.717, 1.165) is 6.07 Å². The number of nitrogens with zero attached hydrogens (tertiary/aromatic N) is 1. The summed E-state index contributed by atoms with van der Waals surface area (Å²) in [6.07, 6.45) is -0.232. The number of benzene rings is 1. The Morgan fingerprint density at radius 2 is 2.07 bits per heavy atom. The summed E-state index contributed by atoms with van der Waals surface area (Å²) in [5, 5.41) is 2.79. The molecule has 0 unspecified atom stereocenters. The molecule has 1 aromatic heterocycles. The number of esters is 1. The van der Waals surface area contributed by atoms with Crippen molar-refractivity contribution in [3.8, 4) is 0 Å². The molecular formula is C21H24F2N2O5. The molecule has 1 aliphatic heterocycles. The Bertz CT molecular complexity index is 886. The highest BCUT2D eigenvalue weighted by atomic mass is 19.2. The fourth-order valence-electron chi connectivity index (χ4n) is 3.18. The summed E-state index contributed by atoms with van der Waals surface area (Å²) in [6, 6.07) is 6.90. The van der Waals surface area contributed by atoms with Crippen molar-refractivity contribution in [3.05, 3.63) is 59.1 Å². The molecule has 1 saturated heterocycles. The Labute approximate surface area is 172 Å². The van der Waals surface area contributed by atoms with Gasteiger partial charge in [-0.2, -0.15) is 0 Å². The van der Waals surface area contributed by atoms with Crippen LogP contribution in [0.4, 0.5) is 8.78 Å². The predicted octanol–water partition coefficient (Wildman–Crippen LogP) is 2.29. The smallest absolute Gasteiger partial charge is 0.374 e. The van der Waals surface area contributed by atoms with Crippen molar-refractivity contribution < 1.29 is 32.3 Å². The maximum atomic E-state index is 13.4. The minimum atomic E-state index is -0.868. The van der Waals surface area contributed by atoms with Crippen LogP contribution in [0.25, 0.3) is 0 Å². The molecule has 2 heterocycles. The molecule has 1 aromatic carbocycles. The Hall–Kier alpha value is -2.78. The van der Waals surface area contributed by atoms with Gasteiger partial charge in [0, 0.05) is 26.2 Å². The van der Waals surface area contributed by atoms with Gasteiger partial charge in [-0.25, -0.2) is 13.6 Å². The van der Waals surface area contributed by atoms with Gasteiger partial charge in [-0.05, 0) is 36.8 Å². The van der Waals surface area contributed by atoms with E-state index in [-0.39, 0.29) is 30.8 Å². The second-order valence-electron chi connectivity index (χ2n) is 6.94. The van der Waals surface area contributed by atoms with Crippen LogP contribution in [-0.4, -0.2) is 55.7 Å². The van der Waals surface area contributed by atoms with Crippen LogP contribution in [0.1, 0.15) is 28.8 Å². The first-order chi connectivity index (χ1) is 14.4. The molecule has 2 aromatic rings. The molecular weight excluding hydrogens is 398 g/mol. The Morgan fingerprint density at radius 3 is 2.83 bits per heavy atom. The second-order valence-corrected chi connectivity index (χ2v) is 6.94. The van der Waals surface area contributed by atoms with Gasteiger partial charge in [0.1, 0.15) is 5.76 Å². The third-order valence-corrected chi connectivity index (χ3v) is 4.61. The van der Waals surface area contributed by atoms with E-state index < -0.39 is 17.6 Å².